The van der Waals surface area contributed by atoms with Crippen molar-refractivity contribution in [3.05, 3.63) is 113 Å². The third-order valence-corrected chi connectivity index (χ3v) is 7.47. The highest BCUT2D eigenvalue weighted by Crippen LogP contribution is 2.53. The summed E-state index contributed by atoms with van der Waals surface area (Å²) >= 11 is 0. The van der Waals surface area contributed by atoms with Gasteiger partial charge in [-0.1, -0.05) is 86.7 Å². The van der Waals surface area contributed by atoms with Gasteiger partial charge in [-0.25, -0.2) is 0 Å². The van der Waals surface area contributed by atoms with Crippen molar-refractivity contribution < 1.29 is 0 Å². The van der Waals surface area contributed by atoms with Gasteiger partial charge >= 0.3 is 0 Å². The van der Waals surface area contributed by atoms with E-state index in [1.807, 2.05) is 0 Å². The van der Waals surface area contributed by atoms with E-state index >= 15 is 0 Å². The van der Waals surface area contributed by atoms with E-state index in [2.05, 4.69) is 104 Å². The number of benzene rings is 3. The molecular formula is C31H29N. The summed E-state index contributed by atoms with van der Waals surface area (Å²) in [5.41, 5.74) is 11.5. The maximum absolute atomic E-state index is 3.82. The summed E-state index contributed by atoms with van der Waals surface area (Å²) in [6, 6.07) is 24.0. The van der Waals surface area contributed by atoms with Crippen LogP contribution in [0, 0.1) is 5.41 Å². The summed E-state index contributed by atoms with van der Waals surface area (Å²) in [6.45, 7) is 4.79. The minimum Gasteiger partial charge on any atom is -0.358 e. The van der Waals surface area contributed by atoms with Crippen LogP contribution in [0.3, 0.4) is 0 Å². The van der Waals surface area contributed by atoms with E-state index in [1.54, 1.807) is 16.7 Å². The Balaban J connectivity index is 1.38. The highest BCUT2D eigenvalue weighted by atomic mass is 14.9. The lowest BCUT2D eigenvalue weighted by Gasteiger charge is -2.27. The largest absolute Gasteiger partial charge is 0.358 e. The predicted molar refractivity (Wildman–Crippen MR) is 137 cm³/mol. The first-order valence-corrected chi connectivity index (χ1v) is 11.8. The van der Waals surface area contributed by atoms with Gasteiger partial charge in [0.15, 0.2) is 0 Å². The fourth-order valence-electron chi connectivity index (χ4n) is 5.86. The molecule has 3 aliphatic rings. The van der Waals surface area contributed by atoms with Crippen LogP contribution < -0.4 is 5.32 Å². The molecule has 0 spiro atoms. The van der Waals surface area contributed by atoms with Crippen molar-refractivity contribution >= 4 is 16.5 Å². The Labute approximate surface area is 190 Å². The summed E-state index contributed by atoms with van der Waals surface area (Å²) in [5.74, 6) is 0. The summed E-state index contributed by atoms with van der Waals surface area (Å²) in [6.07, 6.45) is 11.8. The van der Waals surface area contributed by atoms with Crippen molar-refractivity contribution in [3.63, 3.8) is 0 Å². The SMILES string of the molecule is CC1(C)C2=C(CCC=C2)C2=C1C=C(Nc1ccc(-c3ccccc3)c3ccccc13)CC2. The van der Waals surface area contributed by atoms with Gasteiger partial charge in [0.1, 0.15) is 0 Å². The number of hydrogen-bond acceptors (Lipinski definition) is 1. The van der Waals surface area contributed by atoms with Gasteiger partial charge < -0.3 is 5.32 Å². The van der Waals surface area contributed by atoms with Crippen LogP contribution in [0.25, 0.3) is 21.9 Å². The van der Waals surface area contributed by atoms with Crippen LogP contribution in [0.2, 0.25) is 0 Å². The van der Waals surface area contributed by atoms with E-state index < -0.39 is 0 Å². The second-order valence-corrected chi connectivity index (χ2v) is 9.72. The Hall–Kier alpha value is -3.32. The summed E-state index contributed by atoms with van der Waals surface area (Å²) in [5, 5.41) is 6.40. The molecule has 6 rings (SSSR count). The van der Waals surface area contributed by atoms with Gasteiger partial charge in [0.2, 0.25) is 0 Å². The minimum atomic E-state index is 0.105. The zero-order valence-electron chi connectivity index (χ0n) is 18.9. The van der Waals surface area contributed by atoms with Crippen LogP contribution in [-0.4, -0.2) is 0 Å². The normalized spacial score (nSPS) is 19.1. The lowest BCUT2D eigenvalue weighted by atomic mass is 9.77. The Kier molecular flexibility index (Phi) is 4.47. The third kappa shape index (κ3) is 2.99. The number of hydrogen-bond donors (Lipinski definition) is 1. The first-order chi connectivity index (χ1) is 15.6. The van der Waals surface area contributed by atoms with Gasteiger partial charge in [0.25, 0.3) is 0 Å². The molecule has 0 radical (unpaired) electrons. The first-order valence-electron chi connectivity index (χ1n) is 11.8. The summed E-state index contributed by atoms with van der Waals surface area (Å²) in [4.78, 5) is 0. The molecule has 1 nitrogen and oxygen atoms in total. The van der Waals surface area contributed by atoms with Gasteiger partial charge in [-0.3, -0.25) is 0 Å². The van der Waals surface area contributed by atoms with Crippen molar-refractivity contribution in [1.82, 2.24) is 0 Å². The molecule has 0 saturated heterocycles. The number of anilines is 1. The molecule has 3 aromatic carbocycles. The smallest absolute Gasteiger partial charge is 0.0461 e. The predicted octanol–water partition coefficient (Wildman–Crippen LogP) is 8.58. The molecule has 0 fully saturated rings. The molecule has 0 bridgehead atoms. The minimum absolute atomic E-state index is 0.105. The number of nitrogens with one attached hydrogen (secondary N) is 1. The number of allylic oxidation sites excluding steroid dienone is 8. The lowest BCUT2D eigenvalue weighted by Crippen LogP contribution is -2.16. The zero-order chi connectivity index (χ0) is 21.7. The monoisotopic (exact) mass is 415 g/mol. The Morgan fingerprint density at radius 2 is 1.47 bits per heavy atom. The van der Waals surface area contributed by atoms with Crippen molar-refractivity contribution in [2.75, 3.05) is 5.32 Å². The molecule has 158 valence electrons. The van der Waals surface area contributed by atoms with E-state index in [-0.39, 0.29) is 5.41 Å². The number of fused-ring (bicyclic) bond motifs is 2. The van der Waals surface area contributed by atoms with Crippen LogP contribution in [0.1, 0.15) is 39.5 Å². The maximum atomic E-state index is 3.82. The fourth-order valence-corrected chi connectivity index (χ4v) is 5.86. The summed E-state index contributed by atoms with van der Waals surface area (Å²) in [7, 11) is 0. The molecule has 0 aromatic heterocycles. The molecule has 1 heteroatoms. The van der Waals surface area contributed by atoms with E-state index in [9.17, 15) is 0 Å². The van der Waals surface area contributed by atoms with Crippen LogP contribution in [0.4, 0.5) is 5.69 Å². The quantitative estimate of drug-likeness (QED) is 0.451. The van der Waals surface area contributed by atoms with Crippen LogP contribution in [0.15, 0.2) is 113 Å². The molecule has 0 saturated carbocycles. The first kappa shape index (κ1) is 19.4. The second kappa shape index (κ2) is 7.38. The van der Waals surface area contributed by atoms with Crippen LogP contribution >= 0.6 is 0 Å². The molecule has 0 unspecified atom stereocenters. The van der Waals surface area contributed by atoms with E-state index in [1.165, 1.54) is 51.7 Å². The third-order valence-electron chi connectivity index (χ3n) is 7.47. The maximum Gasteiger partial charge on any atom is 0.0461 e. The Morgan fingerprint density at radius 1 is 0.719 bits per heavy atom. The van der Waals surface area contributed by atoms with Crippen LogP contribution in [0.5, 0.6) is 0 Å². The van der Waals surface area contributed by atoms with Gasteiger partial charge in [-0.2, -0.15) is 0 Å². The van der Waals surface area contributed by atoms with Gasteiger partial charge in [-0.15, -0.1) is 0 Å². The van der Waals surface area contributed by atoms with Gasteiger partial charge in [0.05, 0.1) is 0 Å². The second-order valence-electron chi connectivity index (χ2n) is 9.72. The summed E-state index contributed by atoms with van der Waals surface area (Å²) < 4.78 is 0. The molecule has 0 atom stereocenters. The van der Waals surface area contributed by atoms with Gasteiger partial charge in [-0.05, 0) is 76.6 Å². The average molecular weight is 416 g/mol. The van der Waals surface area contributed by atoms with E-state index in [4.69, 9.17) is 0 Å². The zero-order valence-corrected chi connectivity index (χ0v) is 18.9. The van der Waals surface area contributed by atoms with Gasteiger partial charge in [0, 0.05) is 22.2 Å². The highest BCUT2D eigenvalue weighted by molar-refractivity contribution is 6.03. The van der Waals surface area contributed by atoms with Crippen molar-refractivity contribution in [3.8, 4) is 11.1 Å². The Morgan fingerprint density at radius 3 is 2.31 bits per heavy atom. The molecule has 3 aliphatic carbocycles. The Bertz CT molecular complexity index is 1350. The van der Waals surface area contributed by atoms with Crippen molar-refractivity contribution in [2.24, 2.45) is 5.41 Å². The molecule has 1 N–H and O–H groups in total. The topological polar surface area (TPSA) is 12.0 Å². The molecule has 3 aromatic rings. The fraction of sp³-hybridized carbons (Fsp3) is 0.226. The average Bonchev–Trinajstić information content (AvgIpc) is 3.07. The number of rotatable bonds is 3. The highest BCUT2D eigenvalue weighted by Gasteiger charge is 2.39. The lowest BCUT2D eigenvalue weighted by molar-refractivity contribution is 0.567. The van der Waals surface area contributed by atoms with Crippen molar-refractivity contribution in [1.29, 1.82) is 0 Å². The molecule has 0 aliphatic heterocycles. The van der Waals surface area contributed by atoms with E-state index in [0.29, 0.717) is 0 Å². The molecule has 32 heavy (non-hydrogen) atoms. The molecular weight excluding hydrogens is 386 g/mol. The van der Waals surface area contributed by atoms with Crippen molar-refractivity contribution in [2.45, 2.75) is 39.5 Å². The van der Waals surface area contributed by atoms with Crippen LogP contribution in [-0.2, 0) is 0 Å². The standard InChI is InChI=1S/C31H29N/c1-31(2)28-15-9-8-13-25(28)26-17-16-22(20-29(26)31)32-30-19-18-23(21-10-4-3-5-11-21)24-12-6-7-14-27(24)30/h3-7,9-12,14-15,18-20,32H,8,13,16-17H2,1-2H3. The molecule has 0 heterocycles. The molecule has 0 amide bonds. The van der Waals surface area contributed by atoms with E-state index in [0.717, 1.165) is 12.8 Å².